The SMILES string of the molecule is CCN(CC)c1ccc(C=C(NC(=O)c2ccccc2Cl)C(=O)NN=Cc2c3ccccc3cc3ccccc23)cc1. The maximum atomic E-state index is 13.4. The van der Waals surface area contributed by atoms with Gasteiger partial charge in [0.25, 0.3) is 11.8 Å². The number of benzene rings is 5. The molecule has 0 heterocycles. The third-order valence-corrected chi connectivity index (χ3v) is 7.45. The van der Waals surface area contributed by atoms with E-state index in [4.69, 9.17) is 11.6 Å². The normalized spacial score (nSPS) is 11.6. The maximum Gasteiger partial charge on any atom is 0.287 e. The molecule has 0 saturated heterocycles. The minimum atomic E-state index is -0.566. The molecule has 5 rings (SSSR count). The first kappa shape index (κ1) is 28.6. The van der Waals surface area contributed by atoms with Crippen molar-refractivity contribution in [2.24, 2.45) is 5.10 Å². The van der Waals surface area contributed by atoms with Crippen LogP contribution in [0.25, 0.3) is 27.6 Å². The quantitative estimate of drug-likeness (QED) is 0.0833. The van der Waals surface area contributed by atoms with E-state index in [9.17, 15) is 9.59 Å². The minimum Gasteiger partial charge on any atom is -0.372 e. The zero-order chi connectivity index (χ0) is 29.5. The van der Waals surface area contributed by atoms with Crippen LogP contribution in [0.15, 0.2) is 114 Å². The van der Waals surface area contributed by atoms with Crippen LogP contribution in [-0.2, 0) is 4.79 Å². The van der Waals surface area contributed by atoms with Gasteiger partial charge in [-0.1, -0.05) is 84.4 Å². The topological polar surface area (TPSA) is 73.8 Å². The fourth-order valence-electron chi connectivity index (χ4n) is 4.93. The number of rotatable bonds is 9. The van der Waals surface area contributed by atoms with Crippen LogP contribution >= 0.6 is 11.6 Å². The van der Waals surface area contributed by atoms with Gasteiger partial charge in [0.15, 0.2) is 0 Å². The zero-order valence-corrected chi connectivity index (χ0v) is 24.2. The van der Waals surface area contributed by atoms with Crippen molar-refractivity contribution in [2.75, 3.05) is 18.0 Å². The first-order valence-electron chi connectivity index (χ1n) is 13.8. The van der Waals surface area contributed by atoms with Crippen LogP contribution in [0.3, 0.4) is 0 Å². The van der Waals surface area contributed by atoms with E-state index < -0.39 is 11.8 Å². The number of carbonyl (C=O) groups is 2. The molecule has 7 heteroatoms. The standard InChI is InChI=1S/C35H31ClN4O2/c1-3-40(4-2)27-19-17-24(18-20-27)21-33(38-34(41)30-15-9-10-16-32(30)36)35(42)39-37-23-31-28-13-7-5-11-25(28)22-26-12-6-8-14-29(26)31/h5-23H,3-4H2,1-2H3,(H,38,41)(H,39,42). The molecule has 0 radical (unpaired) electrons. The van der Waals surface area contributed by atoms with Crippen LogP contribution in [0.2, 0.25) is 5.02 Å². The molecule has 42 heavy (non-hydrogen) atoms. The third-order valence-electron chi connectivity index (χ3n) is 7.12. The molecule has 5 aromatic carbocycles. The molecule has 0 bridgehead atoms. The van der Waals surface area contributed by atoms with Crippen LogP contribution in [0.1, 0.15) is 35.3 Å². The molecule has 0 fully saturated rings. The summed E-state index contributed by atoms with van der Waals surface area (Å²) in [5.74, 6) is -1.06. The number of nitrogens with one attached hydrogen (secondary N) is 2. The first-order valence-corrected chi connectivity index (χ1v) is 14.2. The monoisotopic (exact) mass is 574 g/mol. The average molecular weight is 575 g/mol. The van der Waals surface area contributed by atoms with Gasteiger partial charge >= 0.3 is 0 Å². The molecule has 0 unspecified atom stereocenters. The number of anilines is 1. The Hall–Kier alpha value is -4.94. The fourth-order valence-corrected chi connectivity index (χ4v) is 5.16. The molecular formula is C35H31ClN4O2. The number of hydrogen-bond acceptors (Lipinski definition) is 4. The van der Waals surface area contributed by atoms with Crippen LogP contribution in [-0.4, -0.2) is 31.1 Å². The highest BCUT2D eigenvalue weighted by Gasteiger charge is 2.17. The average Bonchev–Trinajstić information content (AvgIpc) is 3.01. The molecule has 0 saturated carbocycles. The van der Waals surface area contributed by atoms with Crippen LogP contribution in [0.5, 0.6) is 0 Å². The zero-order valence-electron chi connectivity index (χ0n) is 23.5. The van der Waals surface area contributed by atoms with Gasteiger partial charge in [-0.05, 0) is 77.4 Å². The van der Waals surface area contributed by atoms with Gasteiger partial charge in [-0.2, -0.15) is 5.10 Å². The van der Waals surface area contributed by atoms with Crippen LogP contribution in [0.4, 0.5) is 5.69 Å². The Morgan fingerprint density at radius 2 is 1.40 bits per heavy atom. The summed E-state index contributed by atoms with van der Waals surface area (Å²) in [5, 5.41) is 11.5. The van der Waals surface area contributed by atoms with Gasteiger partial charge in [0, 0.05) is 24.3 Å². The summed E-state index contributed by atoms with van der Waals surface area (Å²) >= 11 is 6.25. The molecule has 0 aliphatic rings. The fraction of sp³-hybridized carbons (Fsp3) is 0.114. The summed E-state index contributed by atoms with van der Waals surface area (Å²) in [4.78, 5) is 28.8. The number of carbonyl (C=O) groups excluding carboxylic acids is 2. The van der Waals surface area contributed by atoms with E-state index in [0.717, 1.165) is 51.4 Å². The van der Waals surface area contributed by atoms with E-state index in [-0.39, 0.29) is 11.3 Å². The van der Waals surface area contributed by atoms with Gasteiger partial charge in [0.05, 0.1) is 16.8 Å². The Kier molecular flexibility index (Phi) is 8.95. The highest BCUT2D eigenvalue weighted by molar-refractivity contribution is 6.34. The Balaban J connectivity index is 1.45. The second kappa shape index (κ2) is 13.1. The molecular weight excluding hydrogens is 544 g/mol. The smallest absolute Gasteiger partial charge is 0.287 e. The van der Waals surface area contributed by atoms with Crippen molar-refractivity contribution < 1.29 is 9.59 Å². The summed E-state index contributed by atoms with van der Waals surface area (Å²) in [7, 11) is 0. The van der Waals surface area contributed by atoms with E-state index >= 15 is 0 Å². The summed E-state index contributed by atoms with van der Waals surface area (Å²) in [6, 6.07) is 32.7. The molecule has 0 aromatic heterocycles. The van der Waals surface area contributed by atoms with Crippen molar-refractivity contribution in [1.82, 2.24) is 10.7 Å². The van der Waals surface area contributed by atoms with Gasteiger partial charge in [-0.15, -0.1) is 0 Å². The lowest BCUT2D eigenvalue weighted by Crippen LogP contribution is -2.33. The van der Waals surface area contributed by atoms with Crippen LogP contribution in [0, 0.1) is 0 Å². The first-order chi connectivity index (χ1) is 20.5. The summed E-state index contributed by atoms with van der Waals surface area (Å²) in [6.07, 6.45) is 3.27. The van der Waals surface area contributed by atoms with E-state index in [0.29, 0.717) is 5.02 Å². The Morgan fingerprint density at radius 3 is 2.02 bits per heavy atom. The molecule has 5 aromatic rings. The molecule has 6 nitrogen and oxygen atoms in total. The number of hydrogen-bond donors (Lipinski definition) is 2. The number of amides is 2. The van der Waals surface area contributed by atoms with Gasteiger partial charge in [0.1, 0.15) is 5.70 Å². The Bertz CT molecular complexity index is 1750. The molecule has 0 atom stereocenters. The molecule has 0 spiro atoms. The maximum absolute atomic E-state index is 13.4. The third kappa shape index (κ3) is 6.35. The van der Waals surface area contributed by atoms with Crippen molar-refractivity contribution >= 4 is 62.9 Å². The van der Waals surface area contributed by atoms with E-state index in [1.807, 2.05) is 72.8 Å². The number of halogens is 1. The molecule has 210 valence electrons. The predicted molar refractivity (Wildman–Crippen MR) is 174 cm³/mol. The van der Waals surface area contributed by atoms with Gasteiger partial charge in [-0.3, -0.25) is 9.59 Å². The number of nitrogens with zero attached hydrogens (tertiary/aromatic N) is 2. The van der Waals surface area contributed by atoms with Crippen LogP contribution < -0.4 is 15.6 Å². The van der Waals surface area contributed by atoms with Crippen molar-refractivity contribution in [3.05, 3.63) is 131 Å². The Morgan fingerprint density at radius 1 is 0.810 bits per heavy atom. The lowest BCUT2D eigenvalue weighted by atomic mass is 9.97. The lowest BCUT2D eigenvalue weighted by molar-refractivity contribution is -0.117. The lowest BCUT2D eigenvalue weighted by Gasteiger charge is -2.21. The van der Waals surface area contributed by atoms with Crippen molar-refractivity contribution in [1.29, 1.82) is 0 Å². The summed E-state index contributed by atoms with van der Waals surface area (Å²) < 4.78 is 0. The van der Waals surface area contributed by atoms with E-state index in [2.05, 4.69) is 40.7 Å². The number of fused-ring (bicyclic) bond motifs is 2. The predicted octanol–water partition coefficient (Wildman–Crippen LogP) is 7.41. The van der Waals surface area contributed by atoms with Gasteiger partial charge in [0.2, 0.25) is 0 Å². The molecule has 2 amide bonds. The van der Waals surface area contributed by atoms with Crippen molar-refractivity contribution in [3.63, 3.8) is 0 Å². The number of hydrazone groups is 1. The molecule has 0 aliphatic carbocycles. The summed E-state index contributed by atoms with van der Waals surface area (Å²) in [6.45, 7) is 5.98. The van der Waals surface area contributed by atoms with Crippen molar-refractivity contribution in [2.45, 2.75) is 13.8 Å². The highest BCUT2D eigenvalue weighted by Crippen LogP contribution is 2.27. The summed E-state index contributed by atoms with van der Waals surface area (Å²) in [5.41, 5.74) is 5.63. The largest absolute Gasteiger partial charge is 0.372 e. The highest BCUT2D eigenvalue weighted by atomic mass is 35.5. The second-order valence-electron chi connectivity index (χ2n) is 9.69. The van der Waals surface area contributed by atoms with Gasteiger partial charge in [-0.25, -0.2) is 5.43 Å². The van der Waals surface area contributed by atoms with Gasteiger partial charge < -0.3 is 10.2 Å². The second-order valence-corrected chi connectivity index (χ2v) is 10.1. The molecule has 0 aliphatic heterocycles. The minimum absolute atomic E-state index is 0.0374. The molecule has 2 N–H and O–H groups in total. The Labute approximate surface area is 250 Å². The van der Waals surface area contributed by atoms with E-state index in [1.165, 1.54) is 0 Å². The van der Waals surface area contributed by atoms with E-state index in [1.54, 1.807) is 36.6 Å². The van der Waals surface area contributed by atoms with Crippen molar-refractivity contribution in [3.8, 4) is 0 Å².